The van der Waals surface area contributed by atoms with Gasteiger partial charge in [-0.25, -0.2) is 9.67 Å². The van der Waals surface area contributed by atoms with E-state index in [1.807, 2.05) is 31.2 Å². The second-order valence-corrected chi connectivity index (χ2v) is 5.92. The van der Waals surface area contributed by atoms with Crippen LogP contribution >= 0.6 is 0 Å². The number of benzene rings is 1. The molecule has 0 bridgehead atoms. The van der Waals surface area contributed by atoms with Gasteiger partial charge in [-0.15, -0.1) is 0 Å². The summed E-state index contributed by atoms with van der Waals surface area (Å²) in [6.07, 6.45) is 1.79. The molecule has 0 aliphatic heterocycles. The number of rotatable bonds is 4. The minimum absolute atomic E-state index is 0.0770. The molecule has 0 N–H and O–H groups in total. The summed E-state index contributed by atoms with van der Waals surface area (Å²) in [5, 5.41) is 4.08. The van der Waals surface area contributed by atoms with E-state index in [0.29, 0.717) is 6.42 Å². The molecule has 2 aromatic rings. The third-order valence-electron chi connectivity index (χ3n) is 3.39. The highest BCUT2D eigenvalue weighted by molar-refractivity contribution is 5.97. The van der Waals surface area contributed by atoms with E-state index in [4.69, 9.17) is 0 Å². The van der Waals surface area contributed by atoms with Gasteiger partial charge in [-0.1, -0.05) is 45.0 Å². The Morgan fingerprint density at radius 3 is 2.40 bits per heavy atom. The van der Waals surface area contributed by atoms with Crippen molar-refractivity contribution < 1.29 is 4.79 Å². The smallest absolute Gasteiger partial charge is 0.170 e. The number of aromatic nitrogens is 3. The summed E-state index contributed by atoms with van der Waals surface area (Å²) in [5.41, 5.74) is 2.05. The summed E-state index contributed by atoms with van der Waals surface area (Å²) < 4.78 is 1.75. The molecule has 0 radical (unpaired) electrons. The molecule has 0 saturated carbocycles. The molecule has 0 fully saturated rings. The van der Waals surface area contributed by atoms with Gasteiger partial charge in [-0.05, 0) is 17.9 Å². The first kappa shape index (κ1) is 14.4. The number of hydrogen-bond donors (Lipinski definition) is 0. The van der Waals surface area contributed by atoms with Crippen LogP contribution in [0, 0.1) is 0 Å². The zero-order valence-corrected chi connectivity index (χ0v) is 12.6. The maximum absolute atomic E-state index is 12.3. The Morgan fingerprint density at radius 1 is 1.20 bits per heavy atom. The Labute approximate surface area is 119 Å². The quantitative estimate of drug-likeness (QED) is 0.803. The minimum atomic E-state index is 0.0770. The van der Waals surface area contributed by atoms with Gasteiger partial charge in [0.25, 0.3) is 0 Å². The van der Waals surface area contributed by atoms with Crippen LogP contribution in [0.4, 0.5) is 0 Å². The molecule has 1 heterocycles. The molecule has 0 aliphatic rings. The second-order valence-electron chi connectivity index (χ2n) is 5.92. The summed E-state index contributed by atoms with van der Waals surface area (Å²) in [7, 11) is 0. The van der Waals surface area contributed by atoms with E-state index in [1.54, 1.807) is 4.68 Å². The molecule has 1 aromatic carbocycles. The SMILES string of the molecule is CCn1ncnc1CC(=O)c1ccc(C(C)(C)C)cc1. The van der Waals surface area contributed by atoms with Crippen LogP contribution in [-0.2, 0) is 18.4 Å². The molecule has 106 valence electrons. The minimum Gasteiger partial charge on any atom is -0.294 e. The molecular formula is C16H21N3O. The van der Waals surface area contributed by atoms with Crippen molar-refractivity contribution in [2.24, 2.45) is 0 Å². The largest absolute Gasteiger partial charge is 0.294 e. The van der Waals surface area contributed by atoms with E-state index in [9.17, 15) is 4.79 Å². The van der Waals surface area contributed by atoms with Crippen molar-refractivity contribution in [3.05, 3.63) is 47.5 Å². The maximum atomic E-state index is 12.3. The Morgan fingerprint density at radius 2 is 1.85 bits per heavy atom. The molecule has 1 aromatic heterocycles. The second kappa shape index (κ2) is 5.57. The summed E-state index contributed by atoms with van der Waals surface area (Å²) in [4.78, 5) is 16.4. The van der Waals surface area contributed by atoms with Gasteiger partial charge in [0, 0.05) is 12.1 Å². The average molecular weight is 271 g/mol. The van der Waals surface area contributed by atoms with E-state index < -0.39 is 0 Å². The van der Waals surface area contributed by atoms with Crippen LogP contribution in [0.25, 0.3) is 0 Å². The van der Waals surface area contributed by atoms with Crippen LogP contribution in [0.3, 0.4) is 0 Å². The van der Waals surface area contributed by atoms with Crippen molar-refractivity contribution in [1.82, 2.24) is 14.8 Å². The van der Waals surface area contributed by atoms with E-state index in [1.165, 1.54) is 11.9 Å². The van der Waals surface area contributed by atoms with Gasteiger partial charge >= 0.3 is 0 Å². The Kier molecular flexibility index (Phi) is 4.02. The number of nitrogens with zero attached hydrogens (tertiary/aromatic N) is 3. The van der Waals surface area contributed by atoms with Crippen LogP contribution in [0.1, 0.15) is 49.4 Å². The van der Waals surface area contributed by atoms with Crippen molar-refractivity contribution in [3.8, 4) is 0 Å². The highest BCUT2D eigenvalue weighted by atomic mass is 16.1. The fourth-order valence-corrected chi connectivity index (χ4v) is 2.09. The van der Waals surface area contributed by atoms with Crippen LogP contribution in [-0.4, -0.2) is 20.5 Å². The molecule has 4 heteroatoms. The number of aryl methyl sites for hydroxylation is 1. The van der Waals surface area contributed by atoms with E-state index in [-0.39, 0.29) is 11.2 Å². The Bertz CT molecular complexity index is 591. The molecule has 20 heavy (non-hydrogen) atoms. The van der Waals surface area contributed by atoms with Gasteiger partial charge in [-0.3, -0.25) is 4.79 Å². The topological polar surface area (TPSA) is 47.8 Å². The zero-order valence-electron chi connectivity index (χ0n) is 12.6. The van der Waals surface area contributed by atoms with Crippen molar-refractivity contribution in [2.45, 2.75) is 46.1 Å². The monoisotopic (exact) mass is 271 g/mol. The normalized spacial score (nSPS) is 11.6. The number of hydrogen-bond acceptors (Lipinski definition) is 3. The fourth-order valence-electron chi connectivity index (χ4n) is 2.09. The van der Waals surface area contributed by atoms with Gasteiger partial charge in [0.1, 0.15) is 12.2 Å². The van der Waals surface area contributed by atoms with E-state index in [2.05, 4.69) is 30.9 Å². The van der Waals surface area contributed by atoms with Crippen LogP contribution in [0.2, 0.25) is 0 Å². The van der Waals surface area contributed by atoms with E-state index >= 15 is 0 Å². The third kappa shape index (κ3) is 3.13. The van der Waals surface area contributed by atoms with Crippen LogP contribution < -0.4 is 0 Å². The highest BCUT2D eigenvalue weighted by Crippen LogP contribution is 2.22. The highest BCUT2D eigenvalue weighted by Gasteiger charge is 2.15. The summed E-state index contributed by atoms with van der Waals surface area (Å²) in [5.74, 6) is 0.797. The van der Waals surface area contributed by atoms with Gasteiger partial charge in [0.15, 0.2) is 5.78 Å². The Hall–Kier alpha value is -1.97. The predicted molar refractivity (Wildman–Crippen MR) is 78.9 cm³/mol. The van der Waals surface area contributed by atoms with E-state index in [0.717, 1.165) is 17.9 Å². The lowest BCUT2D eigenvalue weighted by molar-refractivity contribution is 0.0989. The lowest BCUT2D eigenvalue weighted by Crippen LogP contribution is -2.13. The van der Waals surface area contributed by atoms with Gasteiger partial charge in [0.2, 0.25) is 0 Å². The van der Waals surface area contributed by atoms with Crippen molar-refractivity contribution in [2.75, 3.05) is 0 Å². The molecule has 4 nitrogen and oxygen atoms in total. The molecule has 0 atom stereocenters. The summed E-state index contributed by atoms with van der Waals surface area (Å²) in [6, 6.07) is 7.85. The van der Waals surface area contributed by atoms with Gasteiger partial charge in [-0.2, -0.15) is 5.10 Å². The lowest BCUT2D eigenvalue weighted by Gasteiger charge is -2.18. The fraction of sp³-hybridized carbons (Fsp3) is 0.438. The third-order valence-corrected chi connectivity index (χ3v) is 3.39. The van der Waals surface area contributed by atoms with Gasteiger partial charge in [0.05, 0.1) is 6.42 Å². The molecular weight excluding hydrogens is 250 g/mol. The van der Waals surface area contributed by atoms with Crippen molar-refractivity contribution in [3.63, 3.8) is 0 Å². The first-order valence-corrected chi connectivity index (χ1v) is 6.92. The number of Topliss-reactive ketones (excluding diaryl/α,β-unsaturated/α-hetero) is 1. The molecule has 0 saturated heterocycles. The molecule has 0 spiro atoms. The zero-order chi connectivity index (χ0) is 14.8. The predicted octanol–water partition coefficient (Wildman–Crippen LogP) is 3.02. The first-order chi connectivity index (χ1) is 9.41. The standard InChI is InChI=1S/C16H21N3O/c1-5-19-15(17-11-18-19)10-14(20)12-6-8-13(9-7-12)16(2,3)4/h6-9,11H,5,10H2,1-4H3. The molecule has 2 rings (SSSR count). The molecule has 0 aliphatic carbocycles. The Balaban J connectivity index is 2.14. The summed E-state index contributed by atoms with van der Waals surface area (Å²) >= 11 is 0. The van der Waals surface area contributed by atoms with Crippen molar-refractivity contribution in [1.29, 1.82) is 0 Å². The van der Waals surface area contributed by atoms with Crippen molar-refractivity contribution >= 4 is 5.78 Å². The maximum Gasteiger partial charge on any atom is 0.170 e. The van der Waals surface area contributed by atoms with Crippen LogP contribution in [0.5, 0.6) is 0 Å². The summed E-state index contributed by atoms with van der Waals surface area (Å²) in [6.45, 7) is 9.20. The molecule has 0 amide bonds. The lowest BCUT2D eigenvalue weighted by atomic mass is 9.86. The van der Waals surface area contributed by atoms with Gasteiger partial charge < -0.3 is 0 Å². The number of carbonyl (C=O) groups is 1. The first-order valence-electron chi connectivity index (χ1n) is 6.92. The number of ketones is 1. The van der Waals surface area contributed by atoms with Crippen LogP contribution in [0.15, 0.2) is 30.6 Å². The number of carbonyl (C=O) groups excluding carboxylic acids is 1. The average Bonchev–Trinajstić information content (AvgIpc) is 2.85. The molecule has 0 unspecified atom stereocenters.